The molecule has 0 aliphatic carbocycles. The second-order valence-electron chi connectivity index (χ2n) is 7.36. The average Bonchev–Trinajstić information content (AvgIpc) is 3.28. The van der Waals surface area contributed by atoms with Gasteiger partial charge < -0.3 is 9.67 Å². The van der Waals surface area contributed by atoms with E-state index in [0.29, 0.717) is 12.8 Å². The van der Waals surface area contributed by atoms with E-state index >= 15 is 0 Å². The number of aliphatic carboxylic acids is 1. The second-order valence-corrected chi connectivity index (χ2v) is 7.36. The maximum Gasteiger partial charge on any atom is 0.327 e. The van der Waals surface area contributed by atoms with E-state index in [1.54, 1.807) is 6.08 Å². The predicted molar refractivity (Wildman–Crippen MR) is 122 cm³/mol. The van der Waals surface area contributed by atoms with E-state index in [9.17, 15) is 4.79 Å². The first-order valence-corrected chi connectivity index (χ1v) is 10.3. The van der Waals surface area contributed by atoms with Gasteiger partial charge in [-0.2, -0.15) is 0 Å². The van der Waals surface area contributed by atoms with Crippen molar-refractivity contribution in [3.8, 4) is 0 Å². The van der Waals surface area contributed by atoms with Crippen LogP contribution in [0.1, 0.15) is 28.8 Å². The summed E-state index contributed by atoms with van der Waals surface area (Å²) in [7, 11) is 0. The van der Waals surface area contributed by atoms with Crippen LogP contribution in [0.5, 0.6) is 0 Å². The molecule has 0 saturated heterocycles. The Morgan fingerprint density at radius 3 is 1.77 bits per heavy atom. The van der Waals surface area contributed by atoms with Gasteiger partial charge in [0.15, 0.2) is 0 Å². The Balaban J connectivity index is 1.87. The fraction of sp³-hybridized carbons (Fsp3) is 0.111. The van der Waals surface area contributed by atoms with E-state index in [4.69, 9.17) is 5.11 Å². The van der Waals surface area contributed by atoms with Gasteiger partial charge in [-0.15, -0.1) is 0 Å². The summed E-state index contributed by atoms with van der Waals surface area (Å²) in [4.78, 5) is 15.4. The molecule has 0 fully saturated rings. The molecule has 0 amide bonds. The third-order valence-electron chi connectivity index (χ3n) is 5.43. The molecule has 154 valence electrons. The van der Waals surface area contributed by atoms with E-state index in [1.807, 2.05) is 24.5 Å². The lowest BCUT2D eigenvalue weighted by Gasteiger charge is -2.37. The number of rotatable bonds is 8. The molecule has 0 spiro atoms. The van der Waals surface area contributed by atoms with Gasteiger partial charge in [-0.25, -0.2) is 9.78 Å². The van der Waals surface area contributed by atoms with Crippen molar-refractivity contribution in [2.75, 3.05) is 0 Å². The molecule has 0 unspecified atom stereocenters. The molecule has 0 atom stereocenters. The van der Waals surface area contributed by atoms with Crippen LogP contribution in [-0.4, -0.2) is 20.6 Å². The van der Waals surface area contributed by atoms with Crippen LogP contribution < -0.4 is 0 Å². The van der Waals surface area contributed by atoms with E-state index in [2.05, 4.69) is 88.5 Å². The van der Waals surface area contributed by atoms with Crippen LogP contribution in [0.3, 0.4) is 0 Å². The minimum atomic E-state index is -0.929. The molecule has 1 heterocycles. The van der Waals surface area contributed by atoms with Gasteiger partial charge in [0.25, 0.3) is 0 Å². The molecular weight excluding hydrogens is 384 g/mol. The molecule has 4 aromatic rings. The van der Waals surface area contributed by atoms with Crippen LogP contribution in [0, 0.1) is 0 Å². The Kier molecular flexibility index (Phi) is 6.08. The molecule has 4 nitrogen and oxygen atoms in total. The van der Waals surface area contributed by atoms with Crippen molar-refractivity contribution in [1.29, 1.82) is 0 Å². The molecule has 0 aliphatic rings. The van der Waals surface area contributed by atoms with Gasteiger partial charge in [0, 0.05) is 12.3 Å². The van der Waals surface area contributed by atoms with Crippen molar-refractivity contribution in [2.45, 2.75) is 18.4 Å². The topological polar surface area (TPSA) is 55.1 Å². The van der Waals surface area contributed by atoms with Crippen LogP contribution in [0.15, 0.2) is 116 Å². The van der Waals surface area contributed by atoms with Crippen molar-refractivity contribution < 1.29 is 9.90 Å². The molecule has 0 radical (unpaired) electrons. The standard InChI is InChI=1S/C27H24N2O2/c30-26(31)19-11-10-18-25-20-29(21-28-25)27(22-12-4-1-5-13-22,23-14-6-2-7-15-23)24-16-8-3-9-17-24/h1-9,11-17,19-21H,10,18H2,(H,30,31)/b19-11+. The number of imidazole rings is 1. The maximum atomic E-state index is 10.7. The van der Waals surface area contributed by atoms with Gasteiger partial charge in [-0.1, -0.05) is 97.1 Å². The fourth-order valence-corrected chi connectivity index (χ4v) is 4.08. The van der Waals surface area contributed by atoms with Crippen molar-refractivity contribution in [3.63, 3.8) is 0 Å². The third kappa shape index (κ3) is 4.19. The highest BCUT2D eigenvalue weighted by molar-refractivity contribution is 5.79. The van der Waals surface area contributed by atoms with E-state index < -0.39 is 11.5 Å². The Morgan fingerprint density at radius 1 is 0.839 bits per heavy atom. The van der Waals surface area contributed by atoms with Gasteiger partial charge in [-0.3, -0.25) is 0 Å². The molecule has 1 N–H and O–H groups in total. The molecule has 4 heteroatoms. The van der Waals surface area contributed by atoms with Gasteiger partial charge in [-0.05, 0) is 29.5 Å². The molecule has 3 aromatic carbocycles. The van der Waals surface area contributed by atoms with Crippen molar-refractivity contribution in [3.05, 3.63) is 138 Å². The number of nitrogens with zero attached hydrogens (tertiary/aromatic N) is 2. The number of carbonyl (C=O) groups is 1. The smallest absolute Gasteiger partial charge is 0.327 e. The summed E-state index contributed by atoms with van der Waals surface area (Å²) in [5.41, 5.74) is 3.76. The maximum absolute atomic E-state index is 10.7. The van der Waals surface area contributed by atoms with Gasteiger partial charge in [0.2, 0.25) is 0 Å². The highest BCUT2D eigenvalue weighted by atomic mass is 16.4. The zero-order valence-corrected chi connectivity index (χ0v) is 17.1. The summed E-state index contributed by atoms with van der Waals surface area (Å²) in [5, 5.41) is 8.79. The number of aryl methyl sites for hydroxylation is 1. The lowest BCUT2D eigenvalue weighted by molar-refractivity contribution is -0.131. The fourth-order valence-electron chi connectivity index (χ4n) is 4.08. The van der Waals surface area contributed by atoms with Crippen molar-refractivity contribution in [1.82, 2.24) is 9.55 Å². The molecule has 1 aromatic heterocycles. The molecule has 0 saturated carbocycles. The van der Waals surface area contributed by atoms with E-state index in [-0.39, 0.29) is 0 Å². The van der Waals surface area contributed by atoms with Crippen molar-refractivity contribution in [2.24, 2.45) is 0 Å². The number of hydrogen-bond acceptors (Lipinski definition) is 2. The Morgan fingerprint density at radius 2 is 1.32 bits per heavy atom. The number of carboxylic acid groups (broad SMARTS) is 1. The second kappa shape index (κ2) is 9.26. The van der Waals surface area contributed by atoms with E-state index in [0.717, 1.165) is 22.4 Å². The highest BCUT2D eigenvalue weighted by Gasteiger charge is 2.38. The van der Waals surface area contributed by atoms with E-state index in [1.165, 1.54) is 6.08 Å². The SMILES string of the molecule is O=C(O)/C=C/CCc1cn(C(c2ccccc2)(c2ccccc2)c2ccccc2)cn1. The number of hydrogen-bond donors (Lipinski definition) is 1. The van der Waals surface area contributed by atoms with Crippen LogP contribution in [0.25, 0.3) is 0 Å². The highest BCUT2D eigenvalue weighted by Crippen LogP contribution is 2.40. The summed E-state index contributed by atoms with van der Waals surface area (Å²) in [6.07, 6.45) is 8.09. The number of allylic oxidation sites excluding steroid dienone is 1. The number of carboxylic acids is 1. The van der Waals surface area contributed by atoms with Gasteiger partial charge >= 0.3 is 5.97 Å². The first-order chi connectivity index (χ1) is 15.2. The molecule has 0 bridgehead atoms. The third-order valence-corrected chi connectivity index (χ3v) is 5.43. The molecule has 31 heavy (non-hydrogen) atoms. The molecule has 4 rings (SSSR count). The minimum Gasteiger partial charge on any atom is -0.478 e. The summed E-state index contributed by atoms with van der Waals surface area (Å²) < 4.78 is 2.17. The first kappa shape index (κ1) is 20.4. The van der Waals surface area contributed by atoms with Gasteiger partial charge in [0.1, 0.15) is 5.54 Å². The van der Waals surface area contributed by atoms with Crippen LogP contribution >= 0.6 is 0 Å². The van der Waals surface area contributed by atoms with Gasteiger partial charge in [0.05, 0.1) is 12.0 Å². The monoisotopic (exact) mass is 408 g/mol. The summed E-state index contributed by atoms with van der Waals surface area (Å²) in [6, 6.07) is 31.3. The summed E-state index contributed by atoms with van der Waals surface area (Å²) >= 11 is 0. The van der Waals surface area contributed by atoms with Crippen LogP contribution in [0.2, 0.25) is 0 Å². The quantitative estimate of drug-likeness (QED) is 0.318. The Hall–Kier alpha value is -3.92. The Bertz CT molecular complexity index is 1050. The number of benzene rings is 3. The predicted octanol–water partition coefficient (Wildman–Crippen LogP) is 5.30. The zero-order chi connectivity index (χ0) is 21.5. The average molecular weight is 409 g/mol. The Labute approximate surface area is 182 Å². The lowest BCUT2D eigenvalue weighted by Crippen LogP contribution is -2.36. The largest absolute Gasteiger partial charge is 0.478 e. The minimum absolute atomic E-state index is 0.577. The number of aromatic nitrogens is 2. The molecule has 0 aliphatic heterocycles. The summed E-state index contributed by atoms with van der Waals surface area (Å²) in [6.45, 7) is 0. The van der Waals surface area contributed by atoms with Crippen LogP contribution in [-0.2, 0) is 16.8 Å². The molecular formula is C27H24N2O2. The summed E-state index contributed by atoms with van der Waals surface area (Å²) in [5.74, 6) is -0.929. The zero-order valence-electron chi connectivity index (χ0n) is 17.1. The lowest BCUT2D eigenvalue weighted by atomic mass is 9.77. The normalized spacial score (nSPS) is 11.6. The van der Waals surface area contributed by atoms with Crippen LogP contribution in [0.4, 0.5) is 0 Å². The first-order valence-electron chi connectivity index (χ1n) is 10.3. The van der Waals surface area contributed by atoms with Crippen molar-refractivity contribution >= 4 is 5.97 Å².